The average molecular weight is 567 g/mol. The third kappa shape index (κ3) is 7.85. The summed E-state index contributed by atoms with van der Waals surface area (Å²) in [4.78, 5) is 20.1. The zero-order chi connectivity index (χ0) is 28.6. The van der Waals surface area contributed by atoms with Gasteiger partial charge in [-0.05, 0) is 99.8 Å². The minimum atomic E-state index is -0.316. The van der Waals surface area contributed by atoms with E-state index in [1.807, 2.05) is 23.1 Å². The maximum absolute atomic E-state index is 13.8. The molecule has 2 aromatic carbocycles. The molecule has 2 fully saturated rings. The van der Waals surface area contributed by atoms with Gasteiger partial charge in [-0.3, -0.25) is 4.79 Å². The Labute approximate surface area is 239 Å². The van der Waals surface area contributed by atoms with E-state index in [1.54, 1.807) is 24.3 Å². The molecule has 0 bridgehead atoms. The normalized spacial score (nSPS) is 18.1. The lowest BCUT2D eigenvalue weighted by atomic mass is 10.1. The van der Waals surface area contributed by atoms with Crippen LogP contribution in [0.25, 0.3) is 0 Å². The molecule has 2 saturated heterocycles. The number of hydrogen-bond acceptors (Lipinski definition) is 7. The number of nitrogens with zero attached hydrogens (tertiary/aromatic N) is 3. The van der Waals surface area contributed by atoms with Gasteiger partial charge in [0, 0.05) is 19.2 Å². The van der Waals surface area contributed by atoms with Crippen molar-refractivity contribution >= 4 is 11.7 Å². The molecule has 3 aliphatic rings. The molecule has 0 saturated carbocycles. The van der Waals surface area contributed by atoms with Crippen molar-refractivity contribution in [1.82, 2.24) is 9.88 Å². The van der Waals surface area contributed by atoms with Gasteiger partial charge in [-0.2, -0.15) is 4.98 Å². The molecule has 8 nitrogen and oxygen atoms in total. The summed E-state index contributed by atoms with van der Waals surface area (Å²) >= 11 is 0. The molecule has 3 aromatic rings. The van der Waals surface area contributed by atoms with E-state index >= 15 is 0 Å². The number of benzene rings is 2. The van der Waals surface area contributed by atoms with Crippen molar-refractivity contribution in [2.75, 3.05) is 50.8 Å². The summed E-state index contributed by atoms with van der Waals surface area (Å²) in [5.74, 6) is 1.48. The van der Waals surface area contributed by atoms with Crippen LogP contribution in [0.5, 0.6) is 23.1 Å². The topological polar surface area (TPSA) is 90.1 Å². The second-order valence-corrected chi connectivity index (χ2v) is 10.5. The number of rotatable bonds is 8. The lowest BCUT2D eigenvalue weighted by molar-refractivity contribution is -0.121. The zero-order valence-corrected chi connectivity index (χ0v) is 23.1. The molecule has 3 aliphatic heterocycles. The first kappa shape index (κ1) is 28.6. The van der Waals surface area contributed by atoms with Gasteiger partial charge in [0.05, 0.1) is 5.92 Å². The number of amides is 1. The molecule has 4 heterocycles. The second kappa shape index (κ2) is 13.6. The van der Waals surface area contributed by atoms with Crippen molar-refractivity contribution in [1.29, 1.82) is 0 Å². The minimum absolute atomic E-state index is 0.136. The third-order valence-corrected chi connectivity index (χ3v) is 7.45. The number of fused-ring (bicyclic) bond motifs is 1. The highest BCUT2D eigenvalue weighted by atomic mass is 19.1. The first-order chi connectivity index (χ1) is 19.9. The number of nitrogens with two attached hydrogens (primary N) is 1. The molecular weight excluding hydrogens is 530 g/mol. The van der Waals surface area contributed by atoms with Crippen LogP contribution in [0.4, 0.5) is 14.6 Å². The summed E-state index contributed by atoms with van der Waals surface area (Å²) in [5, 5.41) is 0. The van der Waals surface area contributed by atoms with Crippen LogP contribution in [0, 0.1) is 17.6 Å². The Morgan fingerprint density at radius 3 is 2.56 bits per heavy atom. The molecule has 41 heavy (non-hydrogen) atoms. The smallest absolute Gasteiger partial charge is 0.222 e. The number of pyridine rings is 1. The zero-order valence-electron chi connectivity index (χ0n) is 23.1. The molecule has 1 unspecified atom stereocenters. The molecule has 0 radical (unpaired) electrons. The number of anilines is 1. The third-order valence-electron chi connectivity index (χ3n) is 7.45. The van der Waals surface area contributed by atoms with Crippen molar-refractivity contribution in [3.05, 3.63) is 71.8 Å². The highest BCUT2D eigenvalue weighted by molar-refractivity contribution is 5.78. The van der Waals surface area contributed by atoms with Crippen LogP contribution in [-0.4, -0.2) is 61.7 Å². The molecule has 0 spiro atoms. The Hall–Kier alpha value is -3.92. The van der Waals surface area contributed by atoms with Gasteiger partial charge in [-0.1, -0.05) is 6.07 Å². The number of carbonyl (C=O) groups is 1. The number of likely N-dealkylation sites (tertiary alicyclic amines) is 1. The SMILES string of the molecule is Fc1cc(CCCN2CCCC2)cc2c1OCCO2.NC(=O)C1CCN(c2cccc(Oc3ccc(F)cc3)n2)C1. The van der Waals surface area contributed by atoms with Crippen LogP contribution in [-0.2, 0) is 11.2 Å². The van der Waals surface area contributed by atoms with Gasteiger partial charge < -0.3 is 29.7 Å². The fraction of sp³-hybridized carbons (Fsp3) is 0.419. The number of aromatic nitrogens is 1. The Morgan fingerprint density at radius 2 is 1.80 bits per heavy atom. The summed E-state index contributed by atoms with van der Waals surface area (Å²) in [7, 11) is 0. The maximum Gasteiger partial charge on any atom is 0.222 e. The van der Waals surface area contributed by atoms with E-state index in [0.29, 0.717) is 37.1 Å². The second-order valence-electron chi connectivity index (χ2n) is 10.5. The van der Waals surface area contributed by atoms with Crippen molar-refractivity contribution in [2.24, 2.45) is 11.7 Å². The summed E-state index contributed by atoms with van der Waals surface area (Å²) in [6, 6.07) is 14.7. The molecule has 2 N–H and O–H groups in total. The maximum atomic E-state index is 13.8. The predicted octanol–water partition coefficient (Wildman–Crippen LogP) is 4.95. The molecule has 10 heteroatoms. The highest BCUT2D eigenvalue weighted by Gasteiger charge is 2.27. The molecule has 1 amide bonds. The van der Waals surface area contributed by atoms with Crippen LogP contribution < -0.4 is 24.8 Å². The summed E-state index contributed by atoms with van der Waals surface area (Å²) in [5.41, 5.74) is 6.34. The van der Waals surface area contributed by atoms with E-state index in [9.17, 15) is 13.6 Å². The van der Waals surface area contributed by atoms with E-state index < -0.39 is 0 Å². The van der Waals surface area contributed by atoms with Crippen LogP contribution >= 0.6 is 0 Å². The monoisotopic (exact) mass is 566 g/mol. The summed E-state index contributed by atoms with van der Waals surface area (Å²) in [6.45, 7) is 5.78. The standard InChI is InChI=1S/C16H16FN3O2.C15H20FNO2/c17-12-4-6-13(7-5-12)22-15-3-1-2-14(19-15)20-9-8-11(10-20)16(18)21;16-13-10-12(4-3-7-17-5-1-2-6-17)11-14-15(13)19-9-8-18-14/h1-7,11H,8-10H2,(H2,18,21);10-11H,1-9H2. The first-order valence-electron chi connectivity index (χ1n) is 14.2. The first-order valence-corrected chi connectivity index (χ1v) is 14.2. The minimum Gasteiger partial charge on any atom is -0.486 e. The van der Waals surface area contributed by atoms with Gasteiger partial charge in [0.1, 0.15) is 30.6 Å². The number of carbonyl (C=O) groups excluding carboxylic acids is 1. The van der Waals surface area contributed by atoms with E-state index in [1.165, 1.54) is 38.1 Å². The molecule has 1 aromatic heterocycles. The molecule has 0 aliphatic carbocycles. The Kier molecular flexibility index (Phi) is 9.51. The van der Waals surface area contributed by atoms with E-state index in [2.05, 4.69) is 9.88 Å². The van der Waals surface area contributed by atoms with Gasteiger partial charge >= 0.3 is 0 Å². The van der Waals surface area contributed by atoms with Gasteiger partial charge in [-0.25, -0.2) is 8.78 Å². The van der Waals surface area contributed by atoms with Crippen LogP contribution in [0.15, 0.2) is 54.6 Å². The van der Waals surface area contributed by atoms with E-state index in [4.69, 9.17) is 19.9 Å². The number of halogens is 2. The Balaban J connectivity index is 0.000000166. The number of hydrogen-bond donors (Lipinski definition) is 1. The molecule has 1 atom stereocenters. The fourth-order valence-corrected chi connectivity index (χ4v) is 5.28. The van der Waals surface area contributed by atoms with E-state index in [-0.39, 0.29) is 29.2 Å². The van der Waals surface area contributed by atoms with E-state index in [0.717, 1.165) is 43.7 Å². The Bertz CT molecular complexity index is 1320. The van der Waals surface area contributed by atoms with Gasteiger partial charge in [0.15, 0.2) is 17.3 Å². The lowest BCUT2D eigenvalue weighted by Crippen LogP contribution is -2.27. The fourth-order valence-electron chi connectivity index (χ4n) is 5.28. The molecular formula is C31H36F2N4O4. The summed E-state index contributed by atoms with van der Waals surface area (Å²) in [6.07, 6.45) is 5.33. The van der Waals surface area contributed by atoms with Crippen molar-refractivity contribution in [2.45, 2.75) is 32.1 Å². The van der Waals surface area contributed by atoms with Gasteiger partial charge in [0.2, 0.25) is 11.8 Å². The highest BCUT2D eigenvalue weighted by Crippen LogP contribution is 2.34. The molecule has 218 valence electrons. The van der Waals surface area contributed by atoms with Crippen molar-refractivity contribution < 1.29 is 27.8 Å². The molecule has 6 rings (SSSR count). The quantitative estimate of drug-likeness (QED) is 0.413. The lowest BCUT2D eigenvalue weighted by Gasteiger charge is -2.20. The number of aryl methyl sites for hydroxylation is 1. The largest absolute Gasteiger partial charge is 0.486 e. The van der Waals surface area contributed by atoms with Crippen LogP contribution in [0.2, 0.25) is 0 Å². The predicted molar refractivity (Wildman–Crippen MR) is 152 cm³/mol. The van der Waals surface area contributed by atoms with Gasteiger partial charge in [0.25, 0.3) is 0 Å². The Morgan fingerprint density at radius 1 is 1.02 bits per heavy atom. The van der Waals surface area contributed by atoms with Crippen LogP contribution in [0.3, 0.4) is 0 Å². The van der Waals surface area contributed by atoms with Crippen LogP contribution in [0.1, 0.15) is 31.2 Å². The average Bonchev–Trinajstić information content (AvgIpc) is 3.68. The summed E-state index contributed by atoms with van der Waals surface area (Å²) < 4.78 is 43.1. The van der Waals surface area contributed by atoms with Crippen molar-refractivity contribution in [3.63, 3.8) is 0 Å². The van der Waals surface area contributed by atoms with Gasteiger partial charge in [-0.15, -0.1) is 0 Å². The number of ether oxygens (including phenoxy) is 3. The van der Waals surface area contributed by atoms with Crippen molar-refractivity contribution in [3.8, 4) is 23.1 Å². The number of primary amides is 1.